The van der Waals surface area contributed by atoms with Gasteiger partial charge in [0, 0.05) is 18.6 Å². The van der Waals surface area contributed by atoms with Crippen molar-refractivity contribution < 1.29 is 24.2 Å². The number of amides is 1. The van der Waals surface area contributed by atoms with E-state index in [-0.39, 0.29) is 5.41 Å². The van der Waals surface area contributed by atoms with Crippen molar-refractivity contribution in [2.45, 2.75) is 45.3 Å². The van der Waals surface area contributed by atoms with Gasteiger partial charge in [-0.05, 0) is 33.6 Å². The normalized spacial score (nSPS) is 30.9. The molecule has 108 valence electrons. The highest BCUT2D eigenvalue weighted by Gasteiger charge is 2.51. The zero-order valence-corrected chi connectivity index (χ0v) is 11.6. The van der Waals surface area contributed by atoms with Gasteiger partial charge in [-0.15, -0.1) is 0 Å². The van der Waals surface area contributed by atoms with Crippen molar-refractivity contribution >= 4 is 12.1 Å². The number of carbonyl (C=O) groups excluding carboxylic acids is 1. The average molecular weight is 271 g/mol. The molecule has 2 fully saturated rings. The number of nitrogens with zero attached hydrogens (tertiary/aromatic N) is 1. The van der Waals surface area contributed by atoms with Gasteiger partial charge in [-0.3, -0.25) is 4.90 Å². The van der Waals surface area contributed by atoms with Crippen molar-refractivity contribution in [1.29, 1.82) is 0 Å². The zero-order valence-electron chi connectivity index (χ0n) is 11.6. The summed E-state index contributed by atoms with van der Waals surface area (Å²) in [4.78, 5) is 24.8. The van der Waals surface area contributed by atoms with Crippen LogP contribution >= 0.6 is 0 Å². The molecule has 0 radical (unpaired) electrons. The Hall–Kier alpha value is -1.30. The lowest BCUT2D eigenvalue weighted by Crippen LogP contribution is -2.43. The molecule has 6 heteroatoms. The molecule has 2 atom stereocenters. The van der Waals surface area contributed by atoms with Crippen LogP contribution in [-0.2, 0) is 14.3 Å². The lowest BCUT2D eigenvalue weighted by atomic mass is 9.85. The summed E-state index contributed by atoms with van der Waals surface area (Å²) in [5, 5.41) is 9.28. The lowest BCUT2D eigenvalue weighted by Gasteiger charge is -2.27. The van der Waals surface area contributed by atoms with Gasteiger partial charge in [0.05, 0.1) is 6.61 Å². The van der Waals surface area contributed by atoms with Gasteiger partial charge in [0.25, 0.3) is 0 Å². The van der Waals surface area contributed by atoms with Crippen molar-refractivity contribution in [2.24, 2.45) is 5.41 Å². The van der Waals surface area contributed by atoms with Crippen molar-refractivity contribution in [3.05, 3.63) is 0 Å². The van der Waals surface area contributed by atoms with Crippen LogP contribution in [0.25, 0.3) is 0 Å². The van der Waals surface area contributed by atoms with E-state index in [9.17, 15) is 14.7 Å². The summed E-state index contributed by atoms with van der Waals surface area (Å²) < 4.78 is 10.7. The number of carboxylic acid groups (broad SMARTS) is 1. The Morgan fingerprint density at radius 3 is 2.58 bits per heavy atom. The molecule has 2 heterocycles. The molecule has 2 aliphatic heterocycles. The Morgan fingerprint density at radius 1 is 1.42 bits per heavy atom. The van der Waals surface area contributed by atoms with E-state index in [2.05, 4.69) is 0 Å². The molecule has 19 heavy (non-hydrogen) atoms. The Morgan fingerprint density at radius 2 is 2.11 bits per heavy atom. The van der Waals surface area contributed by atoms with Gasteiger partial charge in [-0.25, -0.2) is 9.59 Å². The van der Waals surface area contributed by atoms with Crippen LogP contribution in [-0.4, -0.2) is 53.5 Å². The van der Waals surface area contributed by atoms with Crippen LogP contribution in [0.3, 0.4) is 0 Å². The Balaban J connectivity index is 2.13. The maximum absolute atomic E-state index is 12.1. The number of likely N-dealkylation sites (tertiary alicyclic amines) is 1. The molecule has 0 aromatic carbocycles. The molecule has 0 aliphatic carbocycles. The number of carbonyl (C=O) groups is 2. The third-order valence-corrected chi connectivity index (χ3v) is 3.61. The van der Waals surface area contributed by atoms with Crippen molar-refractivity contribution in [1.82, 2.24) is 4.90 Å². The summed E-state index contributed by atoms with van der Waals surface area (Å²) in [5.74, 6) is -0.977. The molecule has 2 unspecified atom stereocenters. The standard InChI is InChI=1S/C13H21NO5/c1-12(2,3)19-11(17)14-7-13(4-5-18-8-13)6-9(14)10(15)16/h9H,4-8H2,1-3H3,(H,15,16). The molecule has 1 N–H and O–H groups in total. The molecular formula is C13H21NO5. The molecule has 6 nitrogen and oxygen atoms in total. The number of rotatable bonds is 1. The summed E-state index contributed by atoms with van der Waals surface area (Å²) in [6.45, 7) is 6.87. The van der Waals surface area contributed by atoms with Gasteiger partial charge < -0.3 is 14.6 Å². The molecule has 0 aromatic rings. The van der Waals surface area contributed by atoms with Gasteiger partial charge in [0.2, 0.25) is 0 Å². The summed E-state index contributed by atoms with van der Waals surface area (Å²) >= 11 is 0. The van der Waals surface area contributed by atoms with Crippen LogP contribution < -0.4 is 0 Å². The third kappa shape index (κ3) is 3.00. The Kier molecular flexibility index (Phi) is 3.47. The molecule has 1 spiro atoms. The van der Waals surface area contributed by atoms with Crippen LogP contribution in [0.15, 0.2) is 0 Å². The fourth-order valence-electron chi connectivity index (χ4n) is 2.72. The maximum atomic E-state index is 12.1. The molecular weight excluding hydrogens is 250 g/mol. The van der Waals surface area contributed by atoms with Gasteiger partial charge in [-0.2, -0.15) is 0 Å². The van der Waals surface area contributed by atoms with Gasteiger partial charge in [0.1, 0.15) is 11.6 Å². The highest BCUT2D eigenvalue weighted by Crippen LogP contribution is 2.42. The van der Waals surface area contributed by atoms with Crippen LogP contribution in [0.2, 0.25) is 0 Å². The molecule has 0 aromatic heterocycles. The number of hydrogen-bond acceptors (Lipinski definition) is 4. The monoisotopic (exact) mass is 271 g/mol. The van der Waals surface area contributed by atoms with E-state index in [1.165, 1.54) is 4.90 Å². The molecule has 1 amide bonds. The summed E-state index contributed by atoms with van der Waals surface area (Å²) in [7, 11) is 0. The van der Waals surface area contributed by atoms with Crippen molar-refractivity contribution in [2.75, 3.05) is 19.8 Å². The van der Waals surface area contributed by atoms with Gasteiger partial charge >= 0.3 is 12.1 Å². The van der Waals surface area contributed by atoms with Gasteiger partial charge in [-0.1, -0.05) is 0 Å². The predicted octanol–water partition coefficient (Wildman–Crippen LogP) is 1.49. The van der Waals surface area contributed by atoms with Crippen LogP contribution in [0.4, 0.5) is 4.79 Å². The minimum atomic E-state index is -0.977. The fourth-order valence-corrected chi connectivity index (χ4v) is 2.72. The molecule has 2 rings (SSSR count). The second kappa shape index (κ2) is 4.67. The first-order valence-corrected chi connectivity index (χ1v) is 6.53. The third-order valence-electron chi connectivity index (χ3n) is 3.61. The van der Waals surface area contributed by atoms with Crippen LogP contribution in [0, 0.1) is 5.41 Å². The highest BCUT2D eigenvalue weighted by molar-refractivity contribution is 5.81. The number of ether oxygens (including phenoxy) is 2. The Labute approximate surface area is 112 Å². The maximum Gasteiger partial charge on any atom is 0.411 e. The average Bonchev–Trinajstić information content (AvgIpc) is 2.84. The van der Waals surface area contributed by atoms with E-state index in [0.29, 0.717) is 26.2 Å². The van der Waals surface area contributed by atoms with E-state index >= 15 is 0 Å². The van der Waals surface area contributed by atoms with E-state index in [1.54, 1.807) is 20.8 Å². The van der Waals surface area contributed by atoms with Crippen molar-refractivity contribution in [3.8, 4) is 0 Å². The minimum absolute atomic E-state index is 0.208. The van der Waals surface area contributed by atoms with Gasteiger partial charge in [0.15, 0.2) is 0 Å². The number of carboxylic acids is 1. The fraction of sp³-hybridized carbons (Fsp3) is 0.846. The van der Waals surface area contributed by atoms with E-state index < -0.39 is 23.7 Å². The topological polar surface area (TPSA) is 76.1 Å². The second-order valence-corrected chi connectivity index (χ2v) is 6.47. The highest BCUT2D eigenvalue weighted by atomic mass is 16.6. The second-order valence-electron chi connectivity index (χ2n) is 6.47. The van der Waals surface area contributed by atoms with E-state index in [1.807, 2.05) is 0 Å². The van der Waals surface area contributed by atoms with Crippen molar-refractivity contribution in [3.63, 3.8) is 0 Å². The first-order chi connectivity index (χ1) is 8.72. The molecule has 0 saturated carbocycles. The van der Waals surface area contributed by atoms with Crippen LogP contribution in [0.1, 0.15) is 33.6 Å². The quantitative estimate of drug-likeness (QED) is 0.782. The summed E-state index contributed by atoms with van der Waals surface area (Å²) in [6.07, 6.45) is 0.696. The number of aliphatic carboxylic acids is 1. The lowest BCUT2D eigenvalue weighted by molar-refractivity contribution is -0.142. The van der Waals surface area contributed by atoms with Crippen LogP contribution in [0.5, 0.6) is 0 Å². The summed E-state index contributed by atoms with van der Waals surface area (Å²) in [6, 6.07) is -0.809. The first-order valence-electron chi connectivity index (χ1n) is 6.53. The summed E-state index contributed by atoms with van der Waals surface area (Å²) in [5.41, 5.74) is -0.831. The molecule has 0 bridgehead atoms. The predicted molar refractivity (Wildman–Crippen MR) is 66.8 cm³/mol. The molecule has 2 aliphatic rings. The Bertz CT molecular complexity index is 381. The smallest absolute Gasteiger partial charge is 0.411 e. The molecule has 2 saturated heterocycles. The first kappa shape index (κ1) is 14.1. The zero-order chi connectivity index (χ0) is 14.3. The SMILES string of the molecule is CC(C)(C)OC(=O)N1CC2(CCOC2)CC1C(=O)O. The largest absolute Gasteiger partial charge is 0.480 e. The number of hydrogen-bond donors (Lipinski definition) is 1. The van der Waals surface area contributed by atoms with E-state index in [0.717, 1.165) is 6.42 Å². The minimum Gasteiger partial charge on any atom is -0.480 e. The van der Waals surface area contributed by atoms with E-state index in [4.69, 9.17) is 9.47 Å².